The van der Waals surface area contributed by atoms with Gasteiger partial charge in [0.25, 0.3) is 0 Å². The molecule has 1 saturated carbocycles. The smallest absolute Gasteiger partial charge is 0.225 e. The van der Waals surface area contributed by atoms with Crippen LogP contribution in [0.2, 0.25) is 10.0 Å². The number of hydrogen-bond donors (Lipinski definition) is 1. The molecule has 0 unspecified atom stereocenters. The Morgan fingerprint density at radius 3 is 2.30 bits per heavy atom. The lowest BCUT2D eigenvalue weighted by molar-refractivity contribution is -0.135. The van der Waals surface area contributed by atoms with Gasteiger partial charge in [0.1, 0.15) is 0 Å². The lowest BCUT2D eigenvalue weighted by Crippen LogP contribution is -2.37. The minimum absolute atomic E-state index is 0.106. The molecule has 2 rings (SSSR count). The van der Waals surface area contributed by atoms with Crippen LogP contribution in [0.3, 0.4) is 0 Å². The predicted octanol–water partition coefficient (Wildman–Crippen LogP) is 3.47. The molecule has 0 bridgehead atoms. The predicted molar refractivity (Wildman–Crippen MR) is 82.9 cm³/mol. The van der Waals surface area contributed by atoms with Gasteiger partial charge >= 0.3 is 0 Å². The molecular formula is C15H20Cl2N2O. The highest BCUT2D eigenvalue weighted by Gasteiger charge is 2.26. The number of halogens is 2. The number of rotatable bonds is 3. The van der Waals surface area contributed by atoms with Crippen molar-refractivity contribution in [1.29, 1.82) is 0 Å². The largest absolute Gasteiger partial charge is 0.341 e. The van der Waals surface area contributed by atoms with E-state index in [2.05, 4.69) is 0 Å². The van der Waals surface area contributed by atoms with Gasteiger partial charge in [0.15, 0.2) is 0 Å². The highest BCUT2D eigenvalue weighted by molar-refractivity contribution is 6.34. The molecule has 1 aromatic rings. The Morgan fingerprint density at radius 1 is 1.20 bits per heavy atom. The number of carbonyl (C=O) groups excluding carboxylic acids is 1. The zero-order valence-electron chi connectivity index (χ0n) is 11.6. The van der Waals surface area contributed by atoms with Crippen LogP contribution >= 0.6 is 23.2 Å². The van der Waals surface area contributed by atoms with Gasteiger partial charge < -0.3 is 10.6 Å². The SMILES string of the molecule is CN(Cc1cc(Cl)cc(Cl)c1)C(=O)C1CCC(N)CC1. The molecule has 0 saturated heterocycles. The van der Waals surface area contributed by atoms with E-state index in [1.165, 1.54) is 0 Å². The van der Waals surface area contributed by atoms with E-state index in [-0.39, 0.29) is 17.9 Å². The van der Waals surface area contributed by atoms with Crippen LogP contribution in [0.15, 0.2) is 18.2 Å². The molecule has 0 aromatic heterocycles. The molecular weight excluding hydrogens is 295 g/mol. The minimum atomic E-state index is 0.106. The van der Waals surface area contributed by atoms with Crippen molar-refractivity contribution < 1.29 is 4.79 Å². The Bertz CT molecular complexity index is 465. The molecule has 1 aliphatic rings. The number of nitrogens with zero attached hydrogens (tertiary/aromatic N) is 1. The third-order valence-electron chi connectivity index (χ3n) is 3.84. The third-order valence-corrected chi connectivity index (χ3v) is 4.28. The van der Waals surface area contributed by atoms with Crippen molar-refractivity contribution in [1.82, 2.24) is 4.90 Å². The molecule has 0 atom stereocenters. The standard InChI is InChI=1S/C15H20Cl2N2O/c1-19(9-10-6-12(16)8-13(17)7-10)15(20)11-2-4-14(18)5-3-11/h6-8,11,14H,2-5,9,18H2,1H3. The topological polar surface area (TPSA) is 46.3 Å². The summed E-state index contributed by atoms with van der Waals surface area (Å²) in [6.07, 6.45) is 3.65. The van der Waals surface area contributed by atoms with Crippen molar-refractivity contribution >= 4 is 29.1 Å². The molecule has 0 spiro atoms. The normalized spacial score (nSPS) is 22.6. The van der Waals surface area contributed by atoms with Gasteiger partial charge in [0, 0.05) is 35.6 Å². The van der Waals surface area contributed by atoms with Crippen LogP contribution < -0.4 is 5.73 Å². The summed E-state index contributed by atoms with van der Waals surface area (Å²) in [5.74, 6) is 0.294. The zero-order chi connectivity index (χ0) is 14.7. The van der Waals surface area contributed by atoms with Crippen LogP contribution in [-0.2, 0) is 11.3 Å². The minimum Gasteiger partial charge on any atom is -0.341 e. The second kappa shape index (κ2) is 6.79. The number of amides is 1. The van der Waals surface area contributed by atoms with Crippen molar-refractivity contribution in [3.8, 4) is 0 Å². The fourth-order valence-corrected chi connectivity index (χ4v) is 3.30. The van der Waals surface area contributed by atoms with Gasteiger partial charge in [0.2, 0.25) is 5.91 Å². The molecule has 1 fully saturated rings. The Labute approximate surface area is 130 Å². The average Bonchev–Trinajstić information content (AvgIpc) is 2.37. The van der Waals surface area contributed by atoms with E-state index in [1.54, 1.807) is 11.0 Å². The van der Waals surface area contributed by atoms with E-state index >= 15 is 0 Å². The number of benzene rings is 1. The van der Waals surface area contributed by atoms with Crippen LogP contribution in [0.1, 0.15) is 31.2 Å². The van der Waals surface area contributed by atoms with Crippen molar-refractivity contribution in [3.63, 3.8) is 0 Å². The summed E-state index contributed by atoms with van der Waals surface area (Å²) in [5, 5.41) is 1.19. The Hall–Kier alpha value is -0.770. The van der Waals surface area contributed by atoms with E-state index in [1.807, 2.05) is 19.2 Å². The maximum Gasteiger partial charge on any atom is 0.225 e. The second-order valence-corrected chi connectivity index (χ2v) is 6.46. The van der Waals surface area contributed by atoms with Crippen molar-refractivity contribution in [2.75, 3.05) is 7.05 Å². The Morgan fingerprint density at radius 2 is 1.75 bits per heavy atom. The molecule has 3 nitrogen and oxygen atoms in total. The van der Waals surface area contributed by atoms with E-state index in [0.717, 1.165) is 31.2 Å². The first-order valence-electron chi connectivity index (χ1n) is 6.91. The molecule has 0 aliphatic heterocycles. The summed E-state index contributed by atoms with van der Waals surface area (Å²) < 4.78 is 0. The van der Waals surface area contributed by atoms with Gasteiger partial charge in [-0.1, -0.05) is 23.2 Å². The summed E-state index contributed by atoms with van der Waals surface area (Å²) >= 11 is 12.0. The highest BCUT2D eigenvalue weighted by atomic mass is 35.5. The monoisotopic (exact) mass is 314 g/mol. The van der Waals surface area contributed by atoms with Crippen LogP contribution in [0, 0.1) is 5.92 Å². The molecule has 5 heteroatoms. The van der Waals surface area contributed by atoms with Gasteiger partial charge in [-0.05, 0) is 49.4 Å². The summed E-state index contributed by atoms with van der Waals surface area (Å²) in [4.78, 5) is 14.2. The fraction of sp³-hybridized carbons (Fsp3) is 0.533. The lowest BCUT2D eigenvalue weighted by atomic mass is 9.85. The van der Waals surface area contributed by atoms with E-state index < -0.39 is 0 Å². The van der Waals surface area contributed by atoms with Crippen molar-refractivity contribution in [2.24, 2.45) is 11.7 Å². The summed E-state index contributed by atoms with van der Waals surface area (Å²) in [6.45, 7) is 0.529. The number of nitrogens with two attached hydrogens (primary N) is 1. The maximum atomic E-state index is 12.4. The van der Waals surface area contributed by atoms with Gasteiger partial charge in [-0.3, -0.25) is 4.79 Å². The van der Waals surface area contributed by atoms with Crippen LogP contribution in [0.5, 0.6) is 0 Å². The highest BCUT2D eigenvalue weighted by Crippen LogP contribution is 2.26. The maximum absolute atomic E-state index is 12.4. The first kappa shape index (κ1) is 15.6. The average molecular weight is 315 g/mol. The van der Waals surface area contributed by atoms with E-state index in [9.17, 15) is 4.79 Å². The lowest BCUT2D eigenvalue weighted by Gasteiger charge is -2.29. The number of hydrogen-bond acceptors (Lipinski definition) is 2. The molecule has 1 amide bonds. The molecule has 20 heavy (non-hydrogen) atoms. The summed E-state index contributed by atoms with van der Waals surface area (Å²) in [6, 6.07) is 5.63. The molecule has 0 radical (unpaired) electrons. The first-order chi connectivity index (χ1) is 9.45. The molecule has 0 heterocycles. The summed E-state index contributed by atoms with van der Waals surface area (Å²) in [5.41, 5.74) is 6.83. The van der Waals surface area contributed by atoms with Gasteiger partial charge in [-0.15, -0.1) is 0 Å². The molecule has 1 aromatic carbocycles. The second-order valence-electron chi connectivity index (χ2n) is 5.58. The van der Waals surface area contributed by atoms with Crippen molar-refractivity contribution in [2.45, 2.75) is 38.3 Å². The molecule has 110 valence electrons. The third kappa shape index (κ3) is 4.11. The quantitative estimate of drug-likeness (QED) is 0.928. The van der Waals surface area contributed by atoms with Gasteiger partial charge in [-0.25, -0.2) is 0 Å². The van der Waals surface area contributed by atoms with Crippen LogP contribution in [0.25, 0.3) is 0 Å². The first-order valence-corrected chi connectivity index (χ1v) is 7.67. The zero-order valence-corrected chi connectivity index (χ0v) is 13.1. The van der Waals surface area contributed by atoms with Gasteiger partial charge in [0.05, 0.1) is 0 Å². The summed E-state index contributed by atoms with van der Waals surface area (Å²) in [7, 11) is 1.83. The Balaban J connectivity index is 1.97. The molecule has 2 N–H and O–H groups in total. The van der Waals surface area contributed by atoms with E-state index in [4.69, 9.17) is 28.9 Å². The van der Waals surface area contributed by atoms with E-state index in [0.29, 0.717) is 16.6 Å². The fourth-order valence-electron chi connectivity index (χ4n) is 2.73. The number of carbonyl (C=O) groups is 1. The van der Waals surface area contributed by atoms with Crippen LogP contribution in [0.4, 0.5) is 0 Å². The molecule has 1 aliphatic carbocycles. The Kier molecular flexibility index (Phi) is 5.30. The van der Waals surface area contributed by atoms with Crippen LogP contribution in [-0.4, -0.2) is 23.9 Å². The van der Waals surface area contributed by atoms with Gasteiger partial charge in [-0.2, -0.15) is 0 Å². The van der Waals surface area contributed by atoms with Crippen molar-refractivity contribution in [3.05, 3.63) is 33.8 Å².